The maximum Gasteiger partial charge on any atom is 0.349 e. The molecule has 3 aromatic heterocycles. The fraction of sp³-hybridized carbons (Fsp3) is 0.0952. The summed E-state index contributed by atoms with van der Waals surface area (Å²) in [6, 6.07) is 11.2. The number of aromatic nitrogens is 2. The van der Waals surface area contributed by atoms with Gasteiger partial charge in [0.05, 0.1) is 5.56 Å². The van der Waals surface area contributed by atoms with Crippen molar-refractivity contribution in [2.75, 3.05) is 5.73 Å². The molecule has 1 amide bonds. The van der Waals surface area contributed by atoms with Gasteiger partial charge in [-0.2, -0.15) is 0 Å². The highest BCUT2D eigenvalue weighted by Crippen LogP contribution is 2.37. The SMILES string of the molecule is CC(OC(=O)c1cc2cnc(N)nc2s1)c1ccc(-c2cccc3c2C(=O)N=C3)s1. The lowest BCUT2D eigenvalue weighted by Crippen LogP contribution is -2.06. The summed E-state index contributed by atoms with van der Waals surface area (Å²) in [5.41, 5.74) is 7.87. The van der Waals surface area contributed by atoms with Gasteiger partial charge in [-0.05, 0) is 25.1 Å². The lowest BCUT2D eigenvalue weighted by Gasteiger charge is -2.10. The minimum atomic E-state index is -0.443. The van der Waals surface area contributed by atoms with E-state index in [2.05, 4.69) is 15.0 Å². The van der Waals surface area contributed by atoms with E-state index in [0.717, 1.165) is 26.3 Å². The maximum absolute atomic E-state index is 12.6. The van der Waals surface area contributed by atoms with Crippen LogP contribution in [0.15, 0.2) is 47.6 Å². The number of thiophene rings is 2. The maximum atomic E-state index is 12.6. The highest BCUT2D eigenvalue weighted by Gasteiger charge is 2.23. The summed E-state index contributed by atoms with van der Waals surface area (Å²) in [6.45, 7) is 1.82. The zero-order valence-electron chi connectivity index (χ0n) is 15.7. The lowest BCUT2D eigenvalue weighted by atomic mass is 10.0. The first-order chi connectivity index (χ1) is 14.5. The molecule has 4 heterocycles. The number of carbonyl (C=O) groups excluding carboxylic acids is 2. The summed E-state index contributed by atoms with van der Waals surface area (Å²) < 4.78 is 5.66. The van der Waals surface area contributed by atoms with Crippen molar-refractivity contribution in [1.82, 2.24) is 9.97 Å². The second kappa shape index (κ2) is 7.12. The number of amides is 1. The summed E-state index contributed by atoms with van der Waals surface area (Å²) >= 11 is 2.70. The van der Waals surface area contributed by atoms with Crippen molar-refractivity contribution in [3.8, 4) is 10.4 Å². The third-order valence-electron chi connectivity index (χ3n) is 4.70. The van der Waals surface area contributed by atoms with Crippen LogP contribution in [-0.2, 0) is 4.74 Å². The molecule has 0 fully saturated rings. The van der Waals surface area contributed by atoms with E-state index in [-0.39, 0.29) is 11.9 Å². The lowest BCUT2D eigenvalue weighted by molar-refractivity contribution is 0.0351. The molecule has 0 aliphatic carbocycles. The van der Waals surface area contributed by atoms with Gasteiger partial charge in [0.2, 0.25) is 5.95 Å². The minimum Gasteiger partial charge on any atom is -0.453 e. The first-order valence-electron chi connectivity index (χ1n) is 9.04. The fourth-order valence-corrected chi connectivity index (χ4v) is 5.17. The smallest absolute Gasteiger partial charge is 0.349 e. The van der Waals surface area contributed by atoms with Gasteiger partial charge >= 0.3 is 5.97 Å². The van der Waals surface area contributed by atoms with Gasteiger partial charge < -0.3 is 10.5 Å². The normalized spacial score (nSPS) is 13.6. The summed E-state index contributed by atoms with van der Waals surface area (Å²) in [6.07, 6.45) is 2.73. The van der Waals surface area contributed by atoms with Gasteiger partial charge in [0.1, 0.15) is 15.8 Å². The second-order valence-corrected chi connectivity index (χ2v) is 8.83. The molecular formula is C21H14N4O3S2. The number of nitrogen functional groups attached to an aromatic ring is 1. The Labute approximate surface area is 178 Å². The Hall–Kier alpha value is -3.43. The summed E-state index contributed by atoms with van der Waals surface area (Å²) in [7, 11) is 0. The Bertz CT molecular complexity index is 1360. The summed E-state index contributed by atoms with van der Waals surface area (Å²) in [5.74, 6) is -0.494. The molecule has 0 spiro atoms. The number of nitrogens with zero attached hydrogens (tertiary/aromatic N) is 3. The molecule has 0 radical (unpaired) electrons. The van der Waals surface area contributed by atoms with E-state index >= 15 is 0 Å². The minimum absolute atomic E-state index is 0.167. The average Bonchev–Trinajstić information content (AvgIpc) is 3.46. The molecule has 1 unspecified atom stereocenters. The highest BCUT2D eigenvalue weighted by atomic mass is 32.1. The number of ether oxygens (including phenoxy) is 1. The van der Waals surface area contributed by atoms with Crippen molar-refractivity contribution in [2.24, 2.45) is 4.99 Å². The monoisotopic (exact) mass is 434 g/mol. The van der Waals surface area contributed by atoms with Gasteiger partial charge in [-0.25, -0.2) is 19.8 Å². The number of benzene rings is 1. The summed E-state index contributed by atoms with van der Waals surface area (Å²) in [4.78, 5) is 39.6. The van der Waals surface area contributed by atoms with E-state index in [1.165, 1.54) is 22.7 Å². The Kier molecular flexibility index (Phi) is 4.41. The standard InChI is InChI=1S/C21H14N4O3S2/c1-10(28-20(27)16-7-12-9-24-21(22)25-19(12)30-16)14-5-6-15(29-14)13-4-2-3-11-8-23-18(26)17(11)13/h2-10H,1H3,(H2,22,24,25). The van der Waals surface area contributed by atoms with Crippen LogP contribution in [0.3, 0.4) is 0 Å². The molecule has 7 nitrogen and oxygen atoms in total. The van der Waals surface area contributed by atoms with Crippen molar-refractivity contribution in [3.05, 3.63) is 63.5 Å². The van der Waals surface area contributed by atoms with Crippen molar-refractivity contribution in [1.29, 1.82) is 0 Å². The van der Waals surface area contributed by atoms with Crippen LogP contribution >= 0.6 is 22.7 Å². The van der Waals surface area contributed by atoms with Gasteiger partial charge in [0, 0.05) is 38.7 Å². The Morgan fingerprint density at radius 2 is 2.07 bits per heavy atom. The highest BCUT2D eigenvalue weighted by molar-refractivity contribution is 7.20. The van der Waals surface area contributed by atoms with Gasteiger partial charge in [-0.3, -0.25) is 4.79 Å². The van der Waals surface area contributed by atoms with E-state index in [0.29, 0.717) is 15.3 Å². The van der Waals surface area contributed by atoms with E-state index in [1.54, 1.807) is 18.5 Å². The fourth-order valence-electron chi connectivity index (χ4n) is 3.25. The number of hydrogen-bond acceptors (Lipinski definition) is 8. The first kappa shape index (κ1) is 18.6. The molecule has 1 aromatic carbocycles. The molecule has 0 bridgehead atoms. The zero-order valence-corrected chi connectivity index (χ0v) is 17.3. The van der Waals surface area contributed by atoms with E-state index in [4.69, 9.17) is 10.5 Å². The predicted molar refractivity (Wildman–Crippen MR) is 117 cm³/mol. The molecule has 148 valence electrons. The molecule has 2 N–H and O–H groups in total. The third kappa shape index (κ3) is 3.17. The van der Waals surface area contributed by atoms with Crippen LogP contribution < -0.4 is 5.73 Å². The van der Waals surface area contributed by atoms with Crippen molar-refractivity contribution in [2.45, 2.75) is 13.0 Å². The molecule has 0 saturated heterocycles. The Morgan fingerprint density at radius 3 is 2.93 bits per heavy atom. The zero-order chi connectivity index (χ0) is 20.8. The number of rotatable bonds is 4. The van der Waals surface area contributed by atoms with E-state index in [9.17, 15) is 9.59 Å². The van der Waals surface area contributed by atoms with Crippen molar-refractivity contribution >= 4 is 56.9 Å². The molecule has 1 atom stereocenters. The van der Waals surface area contributed by atoms with Gasteiger partial charge in [-0.1, -0.05) is 18.2 Å². The number of esters is 1. The number of hydrogen-bond donors (Lipinski definition) is 1. The largest absolute Gasteiger partial charge is 0.453 e. The average molecular weight is 435 g/mol. The molecule has 30 heavy (non-hydrogen) atoms. The van der Waals surface area contributed by atoms with Crippen LogP contribution in [0.1, 0.15) is 43.5 Å². The molecule has 4 aromatic rings. The Balaban J connectivity index is 1.37. The van der Waals surface area contributed by atoms with Crippen LogP contribution in [0.4, 0.5) is 5.95 Å². The van der Waals surface area contributed by atoms with Crippen LogP contribution in [-0.4, -0.2) is 28.1 Å². The Morgan fingerprint density at radius 1 is 1.20 bits per heavy atom. The van der Waals surface area contributed by atoms with Crippen molar-refractivity contribution in [3.63, 3.8) is 0 Å². The molecule has 0 saturated carbocycles. The van der Waals surface area contributed by atoms with Crippen LogP contribution in [0.5, 0.6) is 0 Å². The quantitative estimate of drug-likeness (QED) is 0.474. The number of nitrogens with two attached hydrogens (primary N) is 1. The molecule has 1 aliphatic heterocycles. The number of fused-ring (bicyclic) bond motifs is 2. The van der Waals surface area contributed by atoms with Gasteiger partial charge in [-0.15, -0.1) is 22.7 Å². The van der Waals surface area contributed by atoms with Gasteiger partial charge in [0.25, 0.3) is 5.91 Å². The van der Waals surface area contributed by atoms with E-state index in [1.807, 2.05) is 37.3 Å². The van der Waals surface area contributed by atoms with Gasteiger partial charge in [0.15, 0.2) is 0 Å². The molecule has 9 heteroatoms. The third-order valence-corrected chi connectivity index (χ3v) is 7.01. The van der Waals surface area contributed by atoms with Crippen LogP contribution in [0.2, 0.25) is 0 Å². The molecular weight excluding hydrogens is 420 g/mol. The summed E-state index contributed by atoms with van der Waals surface area (Å²) in [5, 5.41) is 0.747. The predicted octanol–water partition coefficient (Wildman–Crippen LogP) is 4.49. The first-order valence-corrected chi connectivity index (χ1v) is 10.7. The topological polar surface area (TPSA) is 108 Å². The number of anilines is 1. The number of carbonyl (C=O) groups is 2. The van der Waals surface area contributed by atoms with Crippen LogP contribution in [0, 0.1) is 0 Å². The molecule has 5 rings (SSSR count). The van der Waals surface area contributed by atoms with Crippen LogP contribution in [0.25, 0.3) is 20.7 Å². The molecule has 1 aliphatic rings. The van der Waals surface area contributed by atoms with E-state index < -0.39 is 12.1 Å². The second-order valence-electron chi connectivity index (χ2n) is 6.68. The number of aliphatic imine (C=N–C) groups is 1. The van der Waals surface area contributed by atoms with Crippen molar-refractivity contribution < 1.29 is 14.3 Å².